The number of ether oxygens (including phenoxy) is 1. The fraction of sp³-hybridized carbons (Fsp3) is 0.500. The number of aromatic nitrogens is 1. The van der Waals surface area contributed by atoms with Crippen molar-refractivity contribution in [3.63, 3.8) is 0 Å². The molecular weight excluding hydrogens is 247 g/mol. The lowest BCUT2D eigenvalue weighted by molar-refractivity contribution is -0.0435. The van der Waals surface area contributed by atoms with Crippen molar-refractivity contribution < 1.29 is 26.3 Å². The highest BCUT2D eigenvalue weighted by molar-refractivity contribution is 7.92. The molecule has 92 valence electrons. The zero-order valence-electron chi connectivity index (χ0n) is 8.34. The lowest BCUT2D eigenvalue weighted by Gasteiger charge is -2.04. The number of rotatable bonds is 4. The van der Waals surface area contributed by atoms with E-state index in [1.807, 2.05) is 0 Å². The molecule has 4 nitrogen and oxygen atoms in total. The summed E-state index contributed by atoms with van der Waals surface area (Å²) in [6.07, 6.45) is 0.803. The molecule has 0 amide bonds. The summed E-state index contributed by atoms with van der Waals surface area (Å²) in [6.45, 7) is 2.15. The van der Waals surface area contributed by atoms with Crippen LogP contribution >= 0.6 is 0 Å². The number of halogens is 3. The molecule has 8 heteroatoms. The van der Waals surface area contributed by atoms with E-state index in [0.29, 0.717) is 6.61 Å². The molecule has 0 aliphatic carbocycles. The highest BCUT2D eigenvalue weighted by Gasteiger charge is 2.47. The Kier molecular flexibility index (Phi) is 3.64. The van der Waals surface area contributed by atoms with Crippen LogP contribution in [0.25, 0.3) is 0 Å². The van der Waals surface area contributed by atoms with Crippen LogP contribution in [0.15, 0.2) is 17.2 Å². The van der Waals surface area contributed by atoms with Crippen LogP contribution in [0.3, 0.4) is 0 Å². The van der Waals surface area contributed by atoms with Gasteiger partial charge in [0, 0.05) is 18.5 Å². The van der Waals surface area contributed by atoms with Crippen LogP contribution in [0.1, 0.15) is 12.6 Å². The molecule has 16 heavy (non-hydrogen) atoms. The third kappa shape index (κ3) is 2.56. The van der Waals surface area contributed by atoms with E-state index in [4.69, 9.17) is 4.74 Å². The second kappa shape index (κ2) is 4.46. The summed E-state index contributed by atoms with van der Waals surface area (Å²) in [5, 5.41) is 0. The minimum absolute atomic E-state index is 0.0455. The van der Waals surface area contributed by atoms with E-state index in [9.17, 15) is 21.6 Å². The van der Waals surface area contributed by atoms with Gasteiger partial charge in [-0.05, 0) is 13.0 Å². The molecule has 1 N–H and O–H groups in total. The molecule has 0 saturated heterocycles. The van der Waals surface area contributed by atoms with Crippen molar-refractivity contribution in [1.82, 2.24) is 4.98 Å². The lowest BCUT2D eigenvalue weighted by atomic mass is 10.5. The van der Waals surface area contributed by atoms with Gasteiger partial charge < -0.3 is 9.72 Å². The predicted octanol–water partition coefficient (Wildman–Crippen LogP) is 1.84. The van der Waals surface area contributed by atoms with Crippen molar-refractivity contribution in [3.8, 4) is 0 Å². The van der Waals surface area contributed by atoms with Gasteiger partial charge in [0.05, 0.1) is 11.5 Å². The number of alkyl halides is 3. The van der Waals surface area contributed by atoms with Gasteiger partial charge in [0.2, 0.25) is 0 Å². The van der Waals surface area contributed by atoms with Gasteiger partial charge in [-0.1, -0.05) is 0 Å². The lowest BCUT2D eigenvalue weighted by Crippen LogP contribution is -2.22. The minimum atomic E-state index is -5.28. The molecule has 0 aliphatic rings. The topological polar surface area (TPSA) is 59.2 Å². The molecule has 0 atom stereocenters. The Morgan fingerprint density at radius 3 is 2.56 bits per heavy atom. The van der Waals surface area contributed by atoms with E-state index in [1.54, 1.807) is 6.92 Å². The third-order valence-electron chi connectivity index (χ3n) is 1.79. The van der Waals surface area contributed by atoms with E-state index in [2.05, 4.69) is 4.98 Å². The molecule has 0 spiro atoms. The summed E-state index contributed by atoms with van der Waals surface area (Å²) in [5.41, 5.74) is -5.00. The quantitative estimate of drug-likeness (QED) is 0.895. The van der Waals surface area contributed by atoms with Crippen molar-refractivity contribution in [1.29, 1.82) is 0 Å². The maximum Gasteiger partial charge on any atom is 0.501 e. The largest absolute Gasteiger partial charge is 0.501 e. The Balaban J connectivity index is 2.94. The van der Waals surface area contributed by atoms with E-state index in [0.717, 1.165) is 12.3 Å². The van der Waals surface area contributed by atoms with Crippen LogP contribution in [-0.4, -0.2) is 25.5 Å². The molecular formula is C8H10F3NO3S. The number of hydrogen-bond acceptors (Lipinski definition) is 3. The first-order valence-electron chi connectivity index (χ1n) is 4.35. The number of sulfone groups is 1. The first-order chi connectivity index (χ1) is 7.29. The van der Waals surface area contributed by atoms with Gasteiger partial charge in [-0.25, -0.2) is 8.42 Å². The summed E-state index contributed by atoms with van der Waals surface area (Å²) in [6, 6.07) is 0.915. The van der Waals surface area contributed by atoms with Crippen LogP contribution in [0.4, 0.5) is 13.2 Å². The van der Waals surface area contributed by atoms with Gasteiger partial charge in [-0.15, -0.1) is 0 Å². The van der Waals surface area contributed by atoms with E-state index in [1.165, 1.54) is 0 Å². The van der Waals surface area contributed by atoms with Gasteiger partial charge in [0.25, 0.3) is 9.84 Å². The highest BCUT2D eigenvalue weighted by atomic mass is 32.2. The van der Waals surface area contributed by atoms with Crippen molar-refractivity contribution in [2.24, 2.45) is 0 Å². The molecule has 0 fully saturated rings. The van der Waals surface area contributed by atoms with Crippen LogP contribution in [0, 0.1) is 0 Å². The first-order valence-corrected chi connectivity index (χ1v) is 5.83. The average Bonchev–Trinajstić information content (AvgIpc) is 2.61. The predicted molar refractivity (Wildman–Crippen MR) is 49.4 cm³/mol. The third-order valence-corrected chi connectivity index (χ3v) is 3.26. The summed E-state index contributed by atoms with van der Waals surface area (Å²) < 4.78 is 63.3. The molecule has 0 aromatic carbocycles. The van der Waals surface area contributed by atoms with Crippen molar-refractivity contribution in [3.05, 3.63) is 18.0 Å². The maximum atomic E-state index is 12.1. The van der Waals surface area contributed by atoms with Crippen LogP contribution in [0.5, 0.6) is 0 Å². The molecule has 1 aromatic rings. The second-order valence-corrected chi connectivity index (χ2v) is 4.89. The summed E-state index contributed by atoms with van der Waals surface area (Å²) in [7, 11) is -5.27. The van der Waals surface area contributed by atoms with Gasteiger partial charge in [0.1, 0.15) is 0 Å². The Morgan fingerprint density at radius 1 is 1.44 bits per heavy atom. The van der Waals surface area contributed by atoms with Gasteiger partial charge in [-0.3, -0.25) is 0 Å². The van der Waals surface area contributed by atoms with E-state index >= 15 is 0 Å². The van der Waals surface area contributed by atoms with Gasteiger partial charge in [-0.2, -0.15) is 13.2 Å². The van der Waals surface area contributed by atoms with Gasteiger partial charge >= 0.3 is 5.51 Å². The number of aromatic amines is 1. The van der Waals surface area contributed by atoms with Crippen LogP contribution in [0.2, 0.25) is 0 Å². The molecule has 1 aromatic heterocycles. The monoisotopic (exact) mass is 257 g/mol. The average molecular weight is 257 g/mol. The number of nitrogens with one attached hydrogen (secondary N) is 1. The first kappa shape index (κ1) is 13.0. The van der Waals surface area contributed by atoms with Crippen LogP contribution in [-0.2, 0) is 21.2 Å². The fourth-order valence-electron chi connectivity index (χ4n) is 1.00. The Morgan fingerprint density at radius 2 is 2.06 bits per heavy atom. The smallest absolute Gasteiger partial charge is 0.376 e. The number of H-pyrrole nitrogens is 1. The summed E-state index contributed by atoms with van der Waals surface area (Å²) in [4.78, 5) is 1.62. The standard InChI is InChI=1S/C8H10F3NO3S/c1-2-15-5-6-3-7(4-12-6)16(13,14)8(9,10)11/h3-4,12H,2,5H2,1H3. The van der Waals surface area contributed by atoms with Crippen molar-refractivity contribution in [2.75, 3.05) is 6.61 Å². The summed E-state index contributed by atoms with van der Waals surface area (Å²) in [5.74, 6) is 0. The number of hydrogen-bond donors (Lipinski definition) is 1. The van der Waals surface area contributed by atoms with Crippen molar-refractivity contribution >= 4 is 9.84 Å². The molecule has 0 bridgehead atoms. The Bertz CT molecular complexity index is 449. The molecule has 1 rings (SSSR count). The normalized spacial score (nSPS) is 13.0. The maximum absolute atomic E-state index is 12.1. The molecule has 1 heterocycles. The second-order valence-electron chi connectivity index (χ2n) is 2.95. The Hall–Kier alpha value is -1.02. The van der Waals surface area contributed by atoms with Gasteiger partial charge in [0.15, 0.2) is 0 Å². The summed E-state index contributed by atoms with van der Waals surface area (Å²) >= 11 is 0. The molecule has 0 unspecified atom stereocenters. The zero-order chi connectivity index (χ0) is 12.4. The Labute approximate surface area is 90.3 Å². The molecule has 0 saturated carbocycles. The van der Waals surface area contributed by atoms with E-state index < -0.39 is 20.2 Å². The van der Waals surface area contributed by atoms with Crippen molar-refractivity contribution in [2.45, 2.75) is 23.9 Å². The highest BCUT2D eigenvalue weighted by Crippen LogP contribution is 2.30. The van der Waals surface area contributed by atoms with Crippen LogP contribution < -0.4 is 0 Å². The van der Waals surface area contributed by atoms with E-state index in [-0.39, 0.29) is 12.3 Å². The zero-order valence-corrected chi connectivity index (χ0v) is 9.15. The minimum Gasteiger partial charge on any atom is -0.376 e. The SMILES string of the molecule is CCOCc1cc(S(=O)(=O)C(F)(F)F)c[nH]1. The fourth-order valence-corrected chi connectivity index (χ4v) is 1.78. The molecule has 0 aliphatic heterocycles. The molecule has 0 radical (unpaired) electrons.